The van der Waals surface area contributed by atoms with Gasteiger partial charge in [-0.05, 0) is 38.2 Å². The van der Waals surface area contributed by atoms with Gasteiger partial charge in [0, 0.05) is 17.8 Å². The van der Waals surface area contributed by atoms with E-state index in [4.69, 9.17) is 4.74 Å². The van der Waals surface area contributed by atoms with E-state index in [1.165, 1.54) is 18.2 Å². The van der Waals surface area contributed by atoms with E-state index in [9.17, 15) is 19.7 Å². The fourth-order valence-corrected chi connectivity index (χ4v) is 3.43. The number of nitrogens with one attached hydrogen (secondary N) is 2. The Morgan fingerprint density at radius 2 is 2.00 bits per heavy atom. The summed E-state index contributed by atoms with van der Waals surface area (Å²) >= 11 is 0. The van der Waals surface area contributed by atoms with Gasteiger partial charge in [0.1, 0.15) is 6.10 Å². The molecule has 2 N–H and O–H groups in total. The first-order valence-electron chi connectivity index (χ1n) is 8.69. The fourth-order valence-electron chi connectivity index (χ4n) is 3.43. The summed E-state index contributed by atoms with van der Waals surface area (Å²) in [4.78, 5) is 35.2. The number of hydrogen-bond donors (Lipinski definition) is 2. The van der Waals surface area contributed by atoms with E-state index in [1.54, 1.807) is 13.0 Å². The van der Waals surface area contributed by atoms with Crippen LogP contribution in [0.3, 0.4) is 0 Å². The normalized spacial score (nSPS) is 21.0. The minimum atomic E-state index is -0.792. The lowest BCUT2D eigenvalue weighted by Gasteiger charge is -2.30. The highest BCUT2D eigenvalue weighted by molar-refractivity contribution is 5.95. The second-order valence-corrected chi connectivity index (χ2v) is 6.59. The van der Waals surface area contributed by atoms with Gasteiger partial charge in [0.25, 0.3) is 5.69 Å². The second kappa shape index (κ2) is 7.55. The van der Waals surface area contributed by atoms with Crippen LogP contribution in [0.15, 0.2) is 35.5 Å². The van der Waals surface area contributed by atoms with E-state index < -0.39 is 23.0 Å². The number of nitrogens with zero attached hydrogens (tertiary/aromatic N) is 1. The number of allylic oxidation sites excluding steroid dienone is 1. The van der Waals surface area contributed by atoms with E-state index in [0.717, 1.165) is 32.1 Å². The third-order valence-corrected chi connectivity index (χ3v) is 4.73. The Labute approximate surface area is 150 Å². The zero-order chi connectivity index (χ0) is 18.7. The van der Waals surface area contributed by atoms with Crippen molar-refractivity contribution in [2.75, 3.05) is 0 Å². The summed E-state index contributed by atoms with van der Waals surface area (Å²) in [7, 11) is 0. The summed E-state index contributed by atoms with van der Waals surface area (Å²) < 4.78 is 5.64. The number of carbonyl (C=O) groups excluding carboxylic acids is 2. The van der Waals surface area contributed by atoms with Gasteiger partial charge in [-0.1, -0.05) is 18.6 Å². The van der Waals surface area contributed by atoms with Gasteiger partial charge in [-0.15, -0.1) is 0 Å². The number of ether oxygens (including phenoxy) is 1. The molecule has 8 nitrogen and oxygen atoms in total. The molecule has 1 heterocycles. The van der Waals surface area contributed by atoms with Crippen molar-refractivity contribution in [2.45, 2.75) is 51.2 Å². The number of esters is 1. The second-order valence-electron chi connectivity index (χ2n) is 6.59. The molecule has 2 amide bonds. The van der Waals surface area contributed by atoms with E-state index >= 15 is 0 Å². The highest BCUT2D eigenvalue weighted by Crippen LogP contribution is 2.31. The van der Waals surface area contributed by atoms with Crippen LogP contribution >= 0.6 is 0 Å². The van der Waals surface area contributed by atoms with Crippen molar-refractivity contribution in [1.29, 1.82) is 0 Å². The van der Waals surface area contributed by atoms with Crippen molar-refractivity contribution in [2.24, 2.45) is 0 Å². The number of benzene rings is 1. The summed E-state index contributed by atoms with van der Waals surface area (Å²) in [6.45, 7) is 1.63. The fraction of sp³-hybridized carbons (Fsp3) is 0.444. The number of urea groups is 1. The van der Waals surface area contributed by atoms with Crippen molar-refractivity contribution >= 4 is 17.7 Å². The van der Waals surface area contributed by atoms with Crippen LogP contribution in [0.25, 0.3) is 0 Å². The van der Waals surface area contributed by atoms with Crippen molar-refractivity contribution < 1.29 is 19.2 Å². The molecule has 0 spiro atoms. The number of nitro benzene ring substituents is 1. The molecular weight excluding hydrogens is 338 g/mol. The van der Waals surface area contributed by atoms with Crippen LogP contribution in [-0.4, -0.2) is 23.0 Å². The largest absolute Gasteiger partial charge is 0.459 e. The minimum Gasteiger partial charge on any atom is -0.459 e. The molecular formula is C18H21N3O5. The maximum Gasteiger partial charge on any atom is 0.338 e. The molecule has 1 aromatic carbocycles. The summed E-state index contributed by atoms with van der Waals surface area (Å²) in [5.41, 5.74) is 1.03. The topological polar surface area (TPSA) is 111 Å². The summed E-state index contributed by atoms with van der Waals surface area (Å²) in [5, 5.41) is 16.3. The predicted molar refractivity (Wildman–Crippen MR) is 93.2 cm³/mol. The van der Waals surface area contributed by atoms with Crippen molar-refractivity contribution in [3.05, 3.63) is 51.2 Å². The Kier molecular flexibility index (Phi) is 5.20. The molecule has 3 rings (SSSR count). The van der Waals surface area contributed by atoms with Crippen molar-refractivity contribution in [3.8, 4) is 0 Å². The molecule has 8 heteroatoms. The van der Waals surface area contributed by atoms with Crippen molar-refractivity contribution in [1.82, 2.24) is 10.6 Å². The average Bonchev–Trinajstić information content (AvgIpc) is 2.61. The zero-order valence-electron chi connectivity index (χ0n) is 14.5. The Bertz CT molecular complexity index is 768. The van der Waals surface area contributed by atoms with Crippen LogP contribution in [0.5, 0.6) is 0 Å². The van der Waals surface area contributed by atoms with E-state index in [-0.39, 0.29) is 17.4 Å². The Morgan fingerprint density at radius 1 is 1.27 bits per heavy atom. The lowest BCUT2D eigenvalue weighted by Crippen LogP contribution is -2.45. The molecule has 1 aromatic rings. The molecule has 0 bridgehead atoms. The van der Waals surface area contributed by atoms with E-state index in [2.05, 4.69) is 10.6 Å². The molecule has 138 valence electrons. The number of amides is 2. The van der Waals surface area contributed by atoms with E-state index in [0.29, 0.717) is 11.3 Å². The number of nitro groups is 1. The number of carbonyl (C=O) groups is 2. The molecule has 0 saturated heterocycles. The van der Waals surface area contributed by atoms with Crippen LogP contribution in [0.4, 0.5) is 10.5 Å². The van der Waals surface area contributed by atoms with Gasteiger partial charge >= 0.3 is 12.0 Å². The quantitative estimate of drug-likeness (QED) is 0.487. The van der Waals surface area contributed by atoms with Crippen LogP contribution in [0.1, 0.15) is 50.6 Å². The molecule has 1 fully saturated rings. The number of non-ortho nitro benzene ring substituents is 1. The van der Waals surface area contributed by atoms with Gasteiger partial charge in [0.15, 0.2) is 0 Å². The Morgan fingerprint density at radius 3 is 2.69 bits per heavy atom. The first-order chi connectivity index (χ1) is 12.5. The first kappa shape index (κ1) is 17.9. The van der Waals surface area contributed by atoms with Gasteiger partial charge < -0.3 is 15.4 Å². The molecule has 1 aliphatic carbocycles. The maximum absolute atomic E-state index is 12.8. The van der Waals surface area contributed by atoms with E-state index in [1.807, 2.05) is 0 Å². The van der Waals surface area contributed by atoms with Crippen LogP contribution < -0.4 is 10.6 Å². The van der Waals surface area contributed by atoms with Crippen LogP contribution in [0.2, 0.25) is 0 Å². The molecule has 1 aliphatic heterocycles. The van der Waals surface area contributed by atoms with Gasteiger partial charge in [0.05, 0.1) is 16.5 Å². The lowest BCUT2D eigenvalue weighted by molar-refractivity contribution is -0.384. The van der Waals surface area contributed by atoms with Gasteiger partial charge in [-0.3, -0.25) is 10.1 Å². The zero-order valence-corrected chi connectivity index (χ0v) is 14.5. The molecule has 0 radical (unpaired) electrons. The standard InChI is InChI=1S/C18H21N3O5/c1-11-15(17(22)26-14-8-3-2-4-9-14)16(20-18(23)19-11)12-6-5-7-13(10-12)21(24)25/h5-7,10,14,16H,2-4,8-9H2,1H3,(H2,19,20,23)/t16-/m1/s1. The summed E-state index contributed by atoms with van der Waals surface area (Å²) in [5.74, 6) is -0.501. The third-order valence-electron chi connectivity index (χ3n) is 4.73. The number of hydrogen-bond acceptors (Lipinski definition) is 5. The first-order valence-corrected chi connectivity index (χ1v) is 8.69. The lowest BCUT2D eigenvalue weighted by atomic mass is 9.94. The highest BCUT2D eigenvalue weighted by atomic mass is 16.6. The van der Waals surface area contributed by atoms with Gasteiger partial charge in [-0.25, -0.2) is 9.59 Å². The molecule has 2 aliphatic rings. The van der Waals surface area contributed by atoms with Crippen molar-refractivity contribution in [3.63, 3.8) is 0 Å². The van der Waals surface area contributed by atoms with Gasteiger partial charge in [0.2, 0.25) is 0 Å². The monoisotopic (exact) mass is 359 g/mol. The third kappa shape index (κ3) is 3.84. The SMILES string of the molecule is CC1=C(C(=O)OC2CCCCC2)[C@@H](c2cccc([N+](=O)[O-])c2)NC(=O)N1. The van der Waals surface area contributed by atoms with Gasteiger partial charge in [-0.2, -0.15) is 0 Å². The average molecular weight is 359 g/mol. The van der Waals surface area contributed by atoms with Crippen LogP contribution in [-0.2, 0) is 9.53 Å². The molecule has 26 heavy (non-hydrogen) atoms. The number of rotatable bonds is 4. The Balaban J connectivity index is 1.90. The van der Waals surface area contributed by atoms with Crippen LogP contribution in [0, 0.1) is 10.1 Å². The molecule has 0 unspecified atom stereocenters. The molecule has 0 aromatic heterocycles. The summed E-state index contributed by atoms with van der Waals surface area (Å²) in [6.07, 6.45) is 4.74. The molecule has 1 saturated carbocycles. The predicted octanol–water partition coefficient (Wildman–Crippen LogP) is 3.10. The highest BCUT2D eigenvalue weighted by Gasteiger charge is 2.34. The minimum absolute atomic E-state index is 0.104. The molecule has 1 atom stereocenters. The summed E-state index contributed by atoms with van der Waals surface area (Å²) in [6, 6.07) is 4.64. The maximum atomic E-state index is 12.8. The smallest absolute Gasteiger partial charge is 0.338 e. The Hall–Kier alpha value is -2.90.